The van der Waals surface area contributed by atoms with Gasteiger partial charge in [0.2, 0.25) is 0 Å². The number of alkyl halides is 12. The number of aliphatic hydroxyl groups is 2. The van der Waals surface area contributed by atoms with E-state index in [0.29, 0.717) is 99.4 Å². The predicted molar refractivity (Wildman–Crippen MR) is 373 cm³/mol. The van der Waals surface area contributed by atoms with Crippen LogP contribution in [0.1, 0.15) is 77.7 Å². The van der Waals surface area contributed by atoms with Crippen LogP contribution in [0.5, 0.6) is 34.5 Å². The summed E-state index contributed by atoms with van der Waals surface area (Å²) in [5.74, 6) is -0.425. The van der Waals surface area contributed by atoms with Crippen molar-refractivity contribution in [1.29, 1.82) is 0 Å². The van der Waals surface area contributed by atoms with E-state index in [1.165, 1.54) is 34.4 Å². The molecule has 0 atom stereocenters. The number of nitro groups is 2. The number of carbonyl (C=O) groups excluding carboxylic acids is 5. The van der Waals surface area contributed by atoms with Gasteiger partial charge in [0.15, 0.2) is 0 Å². The number of rotatable bonds is 19. The van der Waals surface area contributed by atoms with Crippen molar-refractivity contribution in [2.24, 2.45) is 0 Å². The molecule has 1 saturated carbocycles. The number of carbonyl (C=O) groups is 5. The van der Waals surface area contributed by atoms with Gasteiger partial charge in [-0.2, -0.15) is 52.7 Å². The first-order chi connectivity index (χ1) is 59.8. The van der Waals surface area contributed by atoms with Crippen molar-refractivity contribution in [3.63, 3.8) is 0 Å². The molecule has 4 aliphatic rings. The number of nitrogens with two attached hydrogens (primary N) is 1. The number of para-hydroxylation sites is 2. The van der Waals surface area contributed by atoms with Gasteiger partial charge < -0.3 is 78.6 Å². The average molecular weight is 1520 g/mol. The topological polar surface area (TPSA) is 334 Å². The number of halogens is 13. The third-order valence-corrected chi connectivity index (χ3v) is 13.9. The minimum atomic E-state index is -4.70. The quantitative estimate of drug-likeness (QED) is 0.00579. The molecule has 3 radical (unpaired) electrons. The van der Waals surface area contributed by atoms with Crippen LogP contribution in [0.2, 0.25) is 12.6 Å². The van der Waals surface area contributed by atoms with E-state index in [9.17, 15) is 96.9 Å². The van der Waals surface area contributed by atoms with Crippen LogP contribution in [-0.4, -0.2) is 175 Å². The van der Waals surface area contributed by atoms with E-state index in [0.717, 1.165) is 56.3 Å². The van der Waals surface area contributed by atoms with Gasteiger partial charge in [0.1, 0.15) is 52.8 Å². The lowest BCUT2D eigenvalue weighted by Gasteiger charge is -2.38. The van der Waals surface area contributed by atoms with E-state index >= 15 is 0 Å². The molecule has 0 amide bonds. The molecule has 6 N–H and O–H groups in total. The first-order valence-corrected chi connectivity index (χ1v) is 29.9. The van der Waals surface area contributed by atoms with Gasteiger partial charge in [-0.05, 0) is 91.0 Å². The Labute approximate surface area is 618 Å². The van der Waals surface area contributed by atoms with Crippen molar-refractivity contribution < 1.29 is 168 Å². The predicted octanol–water partition coefficient (Wildman–Crippen LogP) is 13.0. The smallest absolute Gasteiger partial charge is 0.416 e. The highest BCUT2D eigenvalue weighted by Crippen LogP contribution is 2.39. The Morgan fingerprint density at radius 2 is 0.931 bits per heavy atom. The maximum Gasteiger partial charge on any atom is 0.416 e. The summed E-state index contributed by atoms with van der Waals surface area (Å²) in [5.41, 5.74) is -0.846. The van der Waals surface area contributed by atoms with Gasteiger partial charge in [0.05, 0.1) is 75.3 Å². The van der Waals surface area contributed by atoms with Gasteiger partial charge in [-0.3, -0.25) is 25.0 Å². The lowest BCUT2D eigenvalue weighted by Crippen LogP contribution is -2.55. The van der Waals surface area contributed by atoms with Crippen LogP contribution in [0.3, 0.4) is 0 Å². The zero-order valence-electron chi connectivity index (χ0n) is 77.2. The number of aromatic hydroxyl groups is 1. The van der Waals surface area contributed by atoms with Crippen LogP contribution >= 0.6 is 11.6 Å². The molecule has 1 aliphatic carbocycles. The lowest BCUT2D eigenvalue weighted by atomic mass is 9.50. The first kappa shape index (κ1) is 67.1. The molecule has 41 heteroatoms. The highest BCUT2D eigenvalue weighted by molar-refractivity contribution is 6.65. The number of esters is 1. The van der Waals surface area contributed by atoms with E-state index in [-0.39, 0.29) is 61.6 Å². The number of nitrogen functional groups attached to an aromatic ring is 1. The van der Waals surface area contributed by atoms with Crippen LogP contribution in [-0.2, 0) is 50.3 Å². The molecule has 6 aromatic carbocycles. The Kier molecular flexibility index (Phi) is 26.1. The van der Waals surface area contributed by atoms with E-state index < -0.39 is 91.4 Å². The van der Waals surface area contributed by atoms with Crippen molar-refractivity contribution in [1.82, 2.24) is 14.4 Å². The minimum absolute atomic E-state index is 0. The fourth-order valence-electron chi connectivity index (χ4n) is 8.89. The SMILES string of the molecule is CB(O)C1CC(O)C1.CO.Nc1cc(OC2CN([B]C=O)C2)cc(C(F)(F)F)c1.O=C(Cl)Oc1ccccc1.O=C[B]N1CC(Oc2cc(CC(=O)Oc3ccccc3)cc(C(F)(F)F)c2)C1.O=C[B]N1CC(Oc2cc([N+](=O)[O-])cc(C(F)(F)F)c2)C1.O=[N+]([O-])c1cc(O)cc(C(F)(F)F)c1.[2HH].[2H][2H].[2H][2H].[2H][2H].[2H][2H].[2H][2H].[2H][2H].[2H][2H].[2H][2H].[2H][2H].[2H][2H].[2H][2H].[2H][2H]. The molecule has 0 aromatic heterocycles. The number of anilines is 1. The third kappa shape index (κ3) is 30.0. The number of hydrogen-bond acceptors (Lipinski definition) is 22. The second-order valence-corrected chi connectivity index (χ2v) is 22.1. The highest BCUT2D eigenvalue weighted by Gasteiger charge is 2.38. The summed E-state index contributed by atoms with van der Waals surface area (Å²) in [7, 11) is 4.99. The molecule has 24 nitrogen and oxygen atoms in total. The van der Waals surface area contributed by atoms with Crippen LogP contribution in [0, 0.1) is 20.2 Å². The van der Waals surface area contributed by atoms with E-state index in [1.807, 2.05) is 6.07 Å². The molecule has 3 saturated heterocycles. The summed E-state index contributed by atoms with van der Waals surface area (Å²) in [4.78, 5) is 76.9. The zero-order chi connectivity index (χ0) is 100. The van der Waals surface area contributed by atoms with E-state index in [4.69, 9.17) is 92.3 Å². The maximum absolute atomic E-state index is 13.2. The van der Waals surface area contributed by atoms with Gasteiger partial charge in [-0.1, -0.05) is 43.2 Å². The number of nitrogens with zero attached hydrogens (tertiary/aromatic N) is 5. The van der Waals surface area contributed by atoms with Crippen molar-refractivity contribution in [3.8, 4) is 34.5 Å². The number of hydrogen-bond donors (Lipinski definition) is 5. The fourth-order valence-corrected chi connectivity index (χ4v) is 8.98. The second kappa shape index (κ2) is 39.7. The second-order valence-electron chi connectivity index (χ2n) is 21.8. The van der Waals surface area contributed by atoms with Gasteiger partial charge in [-0.25, -0.2) is 4.79 Å². The molecule has 0 unspecified atom stereocenters. The summed E-state index contributed by atoms with van der Waals surface area (Å²) in [6.07, 6.45) is -16.4. The molecule has 0 bridgehead atoms. The number of aliphatic hydroxyl groups excluding tert-OH is 2. The molecule has 10 rings (SSSR count). The highest BCUT2D eigenvalue weighted by atomic mass is 35.5. The van der Waals surface area contributed by atoms with Gasteiger partial charge in [0.25, 0.3) is 40.5 Å². The number of phenolic OH excluding ortho intramolecular Hbond substituents is 1. The molecule has 0 spiro atoms. The summed E-state index contributed by atoms with van der Waals surface area (Å²) < 4.78 is 298. The Balaban J connectivity index is -0.000000157. The van der Waals surface area contributed by atoms with Crippen molar-refractivity contribution in [2.45, 2.75) is 81.0 Å². The molecule has 3 heterocycles. The van der Waals surface area contributed by atoms with Crippen molar-refractivity contribution in [2.75, 3.05) is 52.1 Å². The molecule has 6 aromatic rings. The summed E-state index contributed by atoms with van der Waals surface area (Å²) >= 11 is 4.95. The molecule has 3 aliphatic heterocycles. The van der Waals surface area contributed by atoms with E-state index in [2.05, 4.69) is 4.74 Å². The average Bonchev–Trinajstić information content (AvgIpc) is 0.824. The molecular weight excluding hydrogens is 1410 g/mol. The van der Waals surface area contributed by atoms with E-state index in [1.54, 1.807) is 75.9 Å². The zero-order valence-corrected chi connectivity index (χ0v) is 54.0. The van der Waals surface area contributed by atoms with Gasteiger partial charge in [-0.15, -0.1) is 0 Å². The number of phenols is 1. The van der Waals surface area contributed by atoms with Crippen LogP contribution in [0.15, 0.2) is 133 Å². The Hall–Kier alpha value is -9.46. The number of ether oxygens (including phenoxy) is 5. The monoisotopic (exact) mass is 1520 g/mol. The van der Waals surface area contributed by atoms with Crippen molar-refractivity contribution in [3.05, 3.63) is 182 Å². The fraction of sp³-hybridized carbons (Fsp3) is 0.328. The summed E-state index contributed by atoms with van der Waals surface area (Å²) in [6.45, 7) is 3.96. The van der Waals surface area contributed by atoms with Crippen LogP contribution in [0.25, 0.3) is 0 Å². The largest absolute Gasteiger partial charge is 0.508 e. The normalized spacial score (nSPS) is 16.8. The summed E-state index contributed by atoms with van der Waals surface area (Å²) in [5, 5.41) is 54.3. The van der Waals surface area contributed by atoms with Crippen molar-refractivity contribution >= 4 is 87.8 Å². The van der Waals surface area contributed by atoms with Gasteiger partial charge in [0, 0.05) is 119 Å². The molecule has 571 valence electrons. The van der Waals surface area contributed by atoms with Crippen LogP contribution in [0.4, 0.5) is 74.5 Å². The maximum atomic E-state index is 13.2. The third-order valence-electron chi connectivity index (χ3n) is 13.9. The van der Waals surface area contributed by atoms with Gasteiger partial charge >= 0.3 is 36.1 Å². The van der Waals surface area contributed by atoms with Crippen LogP contribution < -0.4 is 29.4 Å². The Morgan fingerprint density at radius 3 is 1.28 bits per heavy atom. The number of benzene rings is 6. The Morgan fingerprint density at radius 1 is 0.578 bits per heavy atom. The Bertz CT molecular complexity index is 3800. The number of nitro benzene ring substituents is 2. The molecule has 4 fully saturated rings. The molecule has 102 heavy (non-hydrogen) atoms. The molecular formula is C61H86B4ClF12N6O18. The minimum Gasteiger partial charge on any atom is -0.508 e. The lowest BCUT2D eigenvalue weighted by molar-refractivity contribution is -0.385. The summed E-state index contributed by atoms with van der Waals surface area (Å²) in [6, 6.07) is 26.8. The number of non-ortho nitro benzene ring substituents is 2. The standard InChI is InChI=1S/C19H16BF3NO4.C11H9BF3N2O4.C11H11BF3N2O2.C7H5ClO2.C7H4F3NO3.C5H11BO2.CH4O.13H2/c21-19(22,23)14-6-13(8-18(26)28-15-4-2-1-3-5-15)7-16(9-14)27-17-10-24(11-17)20-12-25;13-11(14,15)7-1-8(17(19)20)3-9(2-7)21-10-4-16(5-10)12-6-18;13-11(14,15)7-1-8(16)3-9(2-7)19-10-4-17(5-10)12-6-18;8-7(9)10-6-4-2-1-3-5-6;8-7(9,10)4-1-5(11(13)14)3-6(12)2-4;1-6(8)4-2-5(7)3-4;1-2;;;;;;;;;;;;;/h1-7,9,12,17H,8,10-11H2;1-3,6,10H,4-5H2;1-3,6,10H,4-5,16H2;1-5H;1-3,12H;4-5,7-8H,2-3H2,1H3;2H,1H3;13*1H/i;;;;;;;12*1+1D;1+1. The first-order valence-electron chi connectivity index (χ1n) is 41.5.